The highest BCUT2D eigenvalue weighted by Crippen LogP contribution is 2.26. The molecule has 2 N–H and O–H groups in total. The van der Waals surface area contributed by atoms with Crippen molar-refractivity contribution >= 4 is 34.4 Å². The van der Waals surface area contributed by atoms with Gasteiger partial charge in [0.25, 0.3) is 6.43 Å². The van der Waals surface area contributed by atoms with Gasteiger partial charge in [-0.25, -0.2) is 18.6 Å². The predicted octanol–water partition coefficient (Wildman–Crippen LogP) is 1.99. The van der Waals surface area contributed by atoms with Gasteiger partial charge in [0.2, 0.25) is 0 Å². The zero-order chi connectivity index (χ0) is 11.6. The molecular formula is C8H7F2IN2O2. The third-order valence-electron chi connectivity index (χ3n) is 1.67. The van der Waals surface area contributed by atoms with E-state index in [-0.39, 0.29) is 20.6 Å². The maximum absolute atomic E-state index is 12.5. The minimum atomic E-state index is -2.70. The summed E-state index contributed by atoms with van der Waals surface area (Å²) in [6, 6.07) is 1.00. The molecule has 82 valence electrons. The van der Waals surface area contributed by atoms with Crippen molar-refractivity contribution < 1.29 is 18.3 Å². The Morgan fingerprint density at radius 3 is 2.73 bits per heavy atom. The largest absolute Gasteiger partial charge is 0.465 e. The molecule has 0 aliphatic rings. The zero-order valence-corrected chi connectivity index (χ0v) is 9.79. The summed E-state index contributed by atoms with van der Waals surface area (Å²) in [7, 11) is 1.14. The normalized spacial score (nSPS) is 10.5. The van der Waals surface area contributed by atoms with E-state index in [2.05, 4.69) is 9.72 Å². The van der Waals surface area contributed by atoms with E-state index in [9.17, 15) is 13.6 Å². The lowest BCUT2D eigenvalue weighted by molar-refractivity contribution is 0.0601. The van der Waals surface area contributed by atoms with Crippen LogP contribution < -0.4 is 5.73 Å². The number of anilines is 1. The van der Waals surface area contributed by atoms with Gasteiger partial charge in [-0.05, 0) is 28.7 Å². The number of nitrogens with zero attached hydrogens (tertiary/aromatic N) is 1. The summed E-state index contributed by atoms with van der Waals surface area (Å²) in [6.07, 6.45) is -2.70. The smallest absolute Gasteiger partial charge is 0.341 e. The highest BCUT2D eigenvalue weighted by molar-refractivity contribution is 14.1. The van der Waals surface area contributed by atoms with Crippen LogP contribution >= 0.6 is 22.6 Å². The standard InChI is InChI=1S/C8H7F2IN2O2/c1-15-8(14)4-2-3(5(9)10)6(11)13-7(4)12/h2,5H,1H3,(H2,12,13). The maximum Gasteiger partial charge on any atom is 0.341 e. The fraction of sp³-hybridized carbons (Fsp3) is 0.250. The molecule has 0 radical (unpaired) electrons. The molecule has 1 aromatic heterocycles. The van der Waals surface area contributed by atoms with E-state index in [0.717, 1.165) is 13.2 Å². The summed E-state index contributed by atoms with van der Waals surface area (Å²) < 4.78 is 29.4. The van der Waals surface area contributed by atoms with Crippen LogP contribution in [0.3, 0.4) is 0 Å². The lowest BCUT2D eigenvalue weighted by atomic mass is 10.2. The fourth-order valence-corrected chi connectivity index (χ4v) is 1.60. The van der Waals surface area contributed by atoms with Gasteiger partial charge >= 0.3 is 5.97 Å². The van der Waals surface area contributed by atoms with E-state index in [1.54, 1.807) is 22.6 Å². The second-order valence-corrected chi connectivity index (χ2v) is 3.62. The molecule has 0 saturated heterocycles. The lowest BCUT2D eigenvalue weighted by Gasteiger charge is -2.07. The molecule has 4 nitrogen and oxygen atoms in total. The maximum atomic E-state index is 12.5. The van der Waals surface area contributed by atoms with Crippen LogP contribution in [0.2, 0.25) is 0 Å². The number of esters is 1. The van der Waals surface area contributed by atoms with Crippen molar-refractivity contribution in [3.63, 3.8) is 0 Å². The average molecular weight is 328 g/mol. The highest BCUT2D eigenvalue weighted by Gasteiger charge is 2.19. The number of halogens is 3. The van der Waals surface area contributed by atoms with Crippen molar-refractivity contribution in [3.05, 3.63) is 20.9 Å². The predicted molar refractivity (Wildman–Crippen MR) is 57.7 cm³/mol. The molecule has 0 aliphatic heterocycles. The highest BCUT2D eigenvalue weighted by atomic mass is 127. The number of ether oxygens (including phenoxy) is 1. The number of methoxy groups -OCH3 is 1. The van der Waals surface area contributed by atoms with Gasteiger partial charge in [0.05, 0.1) is 12.7 Å². The van der Waals surface area contributed by atoms with Crippen LogP contribution in [0.1, 0.15) is 22.3 Å². The Bertz CT molecular complexity index is 398. The van der Waals surface area contributed by atoms with Crippen LogP contribution in [0.15, 0.2) is 6.07 Å². The number of carbonyl (C=O) groups excluding carboxylic acids is 1. The first-order chi connectivity index (χ1) is 6.97. The number of pyridine rings is 1. The summed E-state index contributed by atoms with van der Waals surface area (Å²) in [6.45, 7) is 0. The van der Waals surface area contributed by atoms with Crippen LogP contribution in [-0.4, -0.2) is 18.1 Å². The van der Waals surface area contributed by atoms with Crippen LogP contribution in [-0.2, 0) is 4.74 Å². The number of rotatable bonds is 2. The third-order valence-corrected chi connectivity index (χ3v) is 2.54. The molecule has 0 atom stereocenters. The Balaban J connectivity index is 3.29. The summed E-state index contributed by atoms with van der Waals surface area (Å²) in [4.78, 5) is 14.8. The van der Waals surface area contributed by atoms with Crippen LogP contribution in [0.25, 0.3) is 0 Å². The number of hydrogen-bond donors (Lipinski definition) is 1. The van der Waals surface area contributed by atoms with Gasteiger partial charge in [-0.2, -0.15) is 0 Å². The minimum absolute atomic E-state index is 0.0766. The lowest BCUT2D eigenvalue weighted by Crippen LogP contribution is -2.10. The molecule has 0 aliphatic carbocycles. The number of alkyl halides is 2. The molecule has 0 amide bonds. The SMILES string of the molecule is COC(=O)c1cc(C(F)F)c(I)nc1N. The van der Waals surface area contributed by atoms with Crippen molar-refractivity contribution in [2.45, 2.75) is 6.43 Å². The quantitative estimate of drug-likeness (QED) is 0.512. The molecule has 7 heteroatoms. The number of carbonyl (C=O) groups is 1. The molecule has 1 rings (SSSR count). The van der Waals surface area contributed by atoms with Crippen molar-refractivity contribution in [1.29, 1.82) is 0 Å². The van der Waals surface area contributed by atoms with Gasteiger partial charge in [-0.1, -0.05) is 0 Å². The third kappa shape index (κ3) is 2.52. The second kappa shape index (κ2) is 4.69. The molecule has 15 heavy (non-hydrogen) atoms. The second-order valence-electron chi connectivity index (χ2n) is 2.59. The van der Waals surface area contributed by atoms with E-state index in [0.29, 0.717) is 0 Å². The Labute approximate surface area is 98.0 Å². The molecule has 0 fully saturated rings. The van der Waals surface area contributed by atoms with Crippen molar-refractivity contribution in [1.82, 2.24) is 4.98 Å². The average Bonchev–Trinajstić information content (AvgIpc) is 2.16. The van der Waals surface area contributed by atoms with Crippen molar-refractivity contribution in [2.75, 3.05) is 12.8 Å². The molecule has 0 saturated carbocycles. The Morgan fingerprint density at radius 1 is 1.67 bits per heavy atom. The van der Waals surface area contributed by atoms with E-state index >= 15 is 0 Å². The monoisotopic (exact) mass is 328 g/mol. The Hall–Kier alpha value is -0.990. The summed E-state index contributed by atoms with van der Waals surface area (Å²) in [5.41, 5.74) is 4.93. The molecule has 1 heterocycles. The zero-order valence-electron chi connectivity index (χ0n) is 7.63. The fourth-order valence-electron chi connectivity index (χ4n) is 0.946. The Morgan fingerprint density at radius 2 is 2.27 bits per heavy atom. The van der Waals surface area contributed by atoms with Gasteiger partial charge in [-0.3, -0.25) is 0 Å². The molecule has 0 bridgehead atoms. The summed E-state index contributed by atoms with van der Waals surface area (Å²) in [5, 5.41) is 0. The van der Waals surface area contributed by atoms with E-state index in [4.69, 9.17) is 5.73 Å². The van der Waals surface area contributed by atoms with Crippen molar-refractivity contribution in [2.24, 2.45) is 0 Å². The molecular weight excluding hydrogens is 321 g/mol. The number of hydrogen-bond acceptors (Lipinski definition) is 4. The van der Waals surface area contributed by atoms with Crippen LogP contribution in [0.5, 0.6) is 0 Å². The van der Waals surface area contributed by atoms with Gasteiger partial charge in [0.1, 0.15) is 15.1 Å². The summed E-state index contributed by atoms with van der Waals surface area (Å²) >= 11 is 1.63. The first-order valence-electron chi connectivity index (χ1n) is 3.79. The van der Waals surface area contributed by atoms with Gasteiger partial charge in [0.15, 0.2) is 0 Å². The molecule has 0 spiro atoms. The van der Waals surface area contributed by atoms with E-state index < -0.39 is 12.4 Å². The minimum Gasteiger partial charge on any atom is -0.465 e. The topological polar surface area (TPSA) is 65.2 Å². The summed E-state index contributed by atoms with van der Waals surface area (Å²) in [5.74, 6) is -0.894. The molecule has 0 unspecified atom stereocenters. The first-order valence-corrected chi connectivity index (χ1v) is 4.87. The molecule has 0 aromatic carbocycles. The Kier molecular flexibility index (Phi) is 3.77. The number of nitrogen functional groups attached to an aromatic ring is 1. The number of aromatic nitrogens is 1. The van der Waals surface area contributed by atoms with Crippen LogP contribution in [0, 0.1) is 3.70 Å². The van der Waals surface area contributed by atoms with Crippen molar-refractivity contribution in [3.8, 4) is 0 Å². The first kappa shape index (κ1) is 12.1. The van der Waals surface area contributed by atoms with Gasteiger partial charge in [-0.15, -0.1) is 0 Å². The molecule has 1 aromatic rings. The van der Waals surface area contributed by atoms with Gasteiger partial charge in [0, 0.05) is 0 Å². The van der Waals surface area contributed by atoms with E-state index in [1.807, 2.05) is 0 Å². The number of nitrogens with two attached hydrogens (primary N) is 1. The van der Waals surface area contributed by atoms with E-state index in [1.165, 1.54) is 0 Å². The van der Waals surface area contributed by atoms with Gasteiger partial charge < -0.3 is 10.5 Å². The van der Waals surface area contributed by atoms with Crippen LogP contribution in [0.4, 0.5) is 14.6 Å².